The molecule has 4 heteroatoms. The summed E-state index contributed by atoms with van der Waals surface area (Å²) in [6, 6.07) is -0.243. The molecule has 1 atom stereocenters. The monoisotopic (exact) mass is 229 g/mol. The van der Waals surface area contributed by atoms with Gasteiger partial charge in [-0.05, 0) is 39.2 Å². The van der Waals surface area contributed by atoms with Gasteiger partial charge in [0.05, 0.1) is 6.04 Å². The number of hydrogen-bond donors (Lipinski definition) is 1. The van der Waals surface area contributed by atoms with Gasteiger partial charge in [0.15, 0.2) is 0 Å². The van der Waals surface area contributed by atoms with Crippen molar-refractivity contribution in [2.24, 2.45) is 0 Å². The summed E-state index contributed by atoms with van der Waals surface area (Å²) in [6.07, 6.45) is 7.61. The summed E-state index contributed by atoms with van der Waals surface area (Å²) in [5, 5.41) is 2.65. The molecule has 86 valence electrons. The second kappa shape index (κ2) is 6.62. The summed E-state index contributed by atoms with van der Waals surface area (Å²) >= 11 is 1.70. The van der Waals surface area contributed by atoms with Gasteiger partial charge in [0.2, 0.25) is 0 Å². The first kappa shape index (κ1) is 14.2. The van der Waals surface area contributed by atoms with Gasteiger partial charge in [-0.15, -0.1) is 6.42 Å². The molecule has 0 radical (unpaired) electrons. The topological polar surface area (TPSA) is 38.3 Å². The maximum atomic E-state index is 11.4. The summed E-state index contributed by atoms with van der Waals surface area (Å²) in [5.41, 5.74) is -0.483. The quantitative estimate of drug-likeness (QED) is 0.752. The Bertz CT molecular complexity index is 240. The molecule has 1 N–H and O–H groups in total. The normalized spacial score (nSPS) is 12.7. The number of rotatable bonds is 4. The molecule has 15 heavy (non-hydrogen) atoms. The number of thioether (sulfide) groups is 1. The molecule has 0 spiro atoms. The Morgan fingerprint density at radius 1 is 1.60 bits per heavy atom. The van der Waals surface area contributed by atoms with E-state index in [1.54, 1.807) is 11.8 Å². The highest BCUT2D eigenvalue weighted by atomic mass is 32.2. The Hall–Kier alpha value is -0.820. The molecular formula is C11H19NO2S. The van der Waals surface area contributed by atoms with Crippen molar-refractivity contribution in [3.05, 3.63) is 0 Å². The number of hydrogen-bond acceptors (Lipinski definition) is 3. The van der Waals surface area contributed by atoms with Crippen LogP contribution in [-0.4, -0.2) is 29.7 Å². The van der Waals surface area contributed by atoms with Gasteiger partial charge >= 0.3 is 6.09 Å². The van der Waals surface area contributed by atoms with Crippen LogP contribution in [0.5, 0.6) is 0 Å². The summed E-state index contributed by atoms with van der Waals surface area (Å²) < 4.78 is 5.10. The van der Waals surface area contributed by atoms with Crippen LogP contribution >= 0.6 is 11.8 Å². The number of ether oxygens (including phenoxy) is 1. The molecule has 0 saturated carbocycles. The van der Waals surface area contributed by atoms with E-state index in [-0.39, 0.29) is 6.04 Å². The van der Waals surface area contributed by atoms with E-state index in [2.05, 4.69) is 11.2 Å². The molecular weight excluding hydrogens is 210 g/mol. The fraction of sp³-hybridized carbons (Fsp3) is 0.727. The Balaban J connectivity index is 3.98. The zero-order valence-corrected chi connectivity index (χ0v) is 10.6. The minimum Gasteiger partial charge on any atom is -0.444 e. The lowest BCUT2D eigenvalue weighted by molar-refractivity contribution is 0.0516. The van der Waals surface area contributed by atoms with E-state index in [4.69, 9.17) is 11.2 Å². The maximum absolute atomic E-state index is 11.4. The first-order valence-electron chi connectivity index (χ1n) is 4.83. The lowest BCUT2D eigenvalue weighted by Crippen LogP contribution is -2.38. The van der Waals surface area contributed by atoms with Gasteiger partial charge in [0, 0.05) is 0 Å². The van der Waals surface area contributed by atoms with Gasteiger partial charge in [-0.2, -0.15) is 11.8 Å². The van der Waals surface area contributed by atoms with Crippen LogP contribution in [0.2, 0.25) is 0 Å². The average molecular weight is 229 g/mol. The van der Waals surface area contributed by atoms with E-state index in [9.17, 15) is 4.79 Å². The van der Waals surface area contributed by atoms with Crippen molar-refractivity contribution < 1.29 is 9.53 Å². The molecule has 3 nitrogen and oxygen atoms in total. The fourth-order valence-corrected chi connectivity index (χ4v) is 1.35. The molecule has 0 unspecified atom stereocenters. The predicted octanol–water partition coefficient (Wildman–Crippen LogP) is 2.27. The van der Waals surface area contributed by atoms with Crippen molar-refractivity contribution in [3.8, 4) is 12.3 Å². The molecule has 0 heterocycles. The van der Waals surface area contributed by atoms with E-state index in [1.807, 2.05) is 27.0 Å². The molecule has 0 aliphatic rings. The van der Waals surface area contributed by atoms with Crippen LogP contribution in [0.1, 0.15) is 27.2 Å². The third-order valence-corrected chi connectivity index (χ3v) is 2.15. The molecule has 0 aliphatic carbocycles. The van der Waals surface area contributed by atoms with E-state index in [0.29, 0.717) is 0 Å². The first-order valence-corrected chi connectivity index (χ1v) is 6.23. The molecule has 0 aromatic rings. The van der Waals surface area contributed by atoms with Crippen LogP contribution in [0.15, 0.2) is 0 Å². The van der Waals surface area contributed by atoms with Crippen molar-refractivity contribution in [1.29, 1.82) is 0 Å². The summed E-state index contributed by atoms with van der Waals surface area (Å²) in [6.45, 7) is 5.46. The average Bonchev–Trinajstić information content (AvgIpc) is 2.09. The summed E-state index contributed by atoms with van der Waals surface area (Å²) in [7, 11) is 0. The summed E-state index contributed by atoms with van der Waals surface area (Å²) in [5.74, 6) is 3.45. The molecule has 0 saturated heterocycles. The zero-order valence-electron chi connectivity index (χ0n) is 9.79. The zero-order chi connectivity index (χ0) is 11.9. The highest BCUT2D eigenvalue weighted by Crippen LogP contribution is 2.07. The lowest BCUT2D eigenvalue weighted by Gasteiger charge is -2.21. The molecule has 0 rings (SSSR count). The Kier molecular flexibility index (Phi) is 6.26. The number of amides is 1. The summed E-state index contributed by atoms with van der Waals surface area (Å²) in [4.78, 5) is 11.4. The van der Waals surface area contributed by atoms with Gasteiger partial charge in [0.25, 0.3) is 0 Å². The molecule has 0 fully saturated rings. The van der Waals surface area contributed by atoms with Crippen molar-refractivity contribution in [2.75, 3.05) is 12.0 Å². The second-order valence-electron chi connectivity index (χ2n) is 4.15. The fourth-order valence-electron chi connectivity index (χ4n) is 0.883. The lowest BCUT2D eigenvalue weighted by atomic mass is 10.2. The largest absolute Gasteiger partial charge is 0.444 e. The van der Waals surface area contributed by atoms with Gasteiger partial charge in [-0.3, -0.25) is 0 Å². The third kappa shape index (κ3) is 8.19. The van der Waals surface area contributed by atoms with E-state index in [1.165, 1.54) is 0 Å². The smallest absolute Gasteiger partial charge is 0.408 e. The standard InChI is InChI=1S/C11H19NO2S/c1-6-9(7-8-15-5)12-10(13)14-11(2,3)4/h1,9H,7-8H2,2-5H3,(H,12,13)/t9-/m1/s1. The van der Waals surface area contributed by atoms with Crippen molar-refractivity contribution in [2.45, 2.75) is 38.8 Å². The number of terminal acetylenes is 1. The molecule has 0 aromatic heterocycles. The molecule has 1 amide bonds. The number of nitrogens with one attached hydrogen (secondary N) is 1. The minimum atomic E-state index is -0.483. The number of carbonyl (C=O) groups is 1. The molecule has 0 aromatic carbocycles. The second-order valence-corrected chi connectivity index (χ2v) is 5.13. The van der Waals surface area contributed by atoms with Crippen LogP contribution < -0.4 is 5.32 Å². The van der Waals surface area contributed by atoms with Gasteiger partial charge in [-0.1, -0.05) is 5.92 Å². The molecule has 0 bridgehead atoms. The van der Waals surface area contributed by atoms with Gasteiger partial charge < -0.3 is 10.1 Å². The van der Waals surface area contributed by atoms with E-state index < -0.39 is 11.7 Å². The van der Waals surface area contributed by atoms with Gasteiger partial charge in [0.1, 0.15) is 5.60 Å². The van der Waals surface area contributed by atoms with Crippen molar-refractivity contribution in [1.82, 2.24) is 5.32 Å². The van der Waals surface area contributed by atoms with Crippen LogP contribution in [0.4, 0.5) is 4.79 Å². The maximum Gasteiger partial charge on any atom is 0.408 e. The van der Waals surface area contributed by atoms with E-state index in [0.717, 1.165) is 12.2 Å². The van der Waals surface area contributed by atoms with Crippen LogP contribution in [0, 0.1) is 12.3 Å². The van der Waals surface area contributed by atoms with Crippen molar-refractivity contribution >= 4 is 17.9 Å². The van der Waals surface area contributed by atoms with E-state index >= 15 is 0 Å². The van der Waals surface area contributed by atoms with Crippen molar-refractivity contribution in [3.63, 3.8) is 0 Å². The highest BCUT2D eigenvalue weighted by Gasteiger charge is 2.18. The Morgan fingerprint density at radius 3 is 2.60 bits per heavy atom. The van der Waals surface area contributed by atoms with Gasteiger partial charge in [-0.25, -0.2) is 4.79 Å². The predicted molar refractivity (Wildman–Crippen MR) is 65.0 cm³/mol. The Labute approximate surface area is 96.3 Å². The SMILES string of the molecule is C#C[C@H](CCSC)NC(=O)OC(C)(C)C. The number of alkyl carbamates (subject to hydrolysis) is 1. The van der Waals surface area contributed by atoms with Crippen LogP contribution in [-0.2, 0) is 4.74 Å². The molecule has 0 aliphatic heterocycles. The minimum absolute atomic E-state index is 0.243. The first-order chi connectivity index (χ1) is 6.89. The Morgan fingerprint density at radius 2 is 2.20 bits per heavy atom. The van der Waals surface area contributed by atoms with Crippen LogP contribution in [0.25, 0.3) is 0 Å². The number of carbonyl (C=O) groups excluding carboxylic acids is 1. The highest BCUT2D eigenvalue weighted by molar-refractivity contribution is 7.98. The third-order valence-electron chi connectivity index (χ3n) is 1.50. The van der Waals surface area contributed by atoms with Crippen LogP contribution in [0.3, 0.4) is 0 Å².